The van der Waals surface area contributed by atoms with Crippen LogP contribution >= 0.6 is 11.6 Å². The van der Waals surface area contributed by atoms with Crippen molar-refractivity contribution in [1.82, 2.24) is 9.78 Å². The van der Waals surface area contributed by atoms with Crippen LogP contribution in [-0.4, -0.2) is 53.9 Å². The van der Waals surface area contributed by atoms with Gasteiger partial charge >= 0.3 is 12.1 Å². The van der Waals surface area contributed by atoms with Gasteiger partial charge in [0.2, 0.25) is 0 Å². The molecule has 0 spiro atoms. The van der Waals surface area contributed by atoms with Crippen LogP contribution in [0.2, 0.25) is 5.02 Å². The zero-order valence-electron chi connectivity index (χ0n) is 15.3. The van der Waals surface area contributed by atoms with Crippen LogP contribution in [0.4, 0.5) is 18.9 Å². The second-order valence-corrected chi connectivity index (χ2v) is 6.23. The van der Waals surface area contributed by atoms with E-state index in [1.807, 2.05) is 0 Å². The average Bonchev–Trinajstić information content (AvgIpc) is 2.95. The van der Waals surface area contributed by atoms with Gasteiger partial charge in [0.15, 0.2) is 5.69 Å². The van der Waals surface area contributed by atoms with Crippen molar-refractivity contribution in [3.8, 4) is 17.0 Å². The highest BCUT2D eigenvalue weighted by Crippen LogP contribution is 2.38. The largest absolute Gasteiger partial charge is 0.496 e. The van der Waals surface area contributed by atoms with E-state index < -0.39 is 18.2 Å². The van der Waals surface area contributed by atoms with Crippen molar-refractivity contribution >= 4 is 23.3 Å². The lowest BCUT2D eigenvalue weighted by atomic mass is 10.1. The Morgan fingerprint density at radius 3 is 2.61 bits per heavy atom. The molecule has 7 nitrogen and oxygen atoms in total. The molecule has 1 aromatic heterocycles. The smallest absolute Gasteiger partial charge is 0.408 e. The molecule has 11 heteroatoms. The molecule has 1 aromatic carbocycles. The monoisotopic (exact) mass is 421 g/mol. The van der Waals surface area contributed by atoms with E-state index in [0.717, 1.165) is 6.92 Å². The van der Waals surface area contributed by atoms with E-state index in [9.17, 15) is 23.1 Å². The predicted octanol–water partition coefficient (Wildman–Crippen LogP) is 3.92. The molecule has 0 aliphatic rings. The van der Waals surface area contributed by atoms with Crippen molar-refractivity contribution in [2.24, 2.45) is 0 Å². The summed E-state index contributed by atoms with van der Waals surface area (Å²) in [4.78, 5) is 11.4. The summed E-state index contributed by atoms with van der Waals surface area (Å²) >= 11 is 6.23. The van der Waals surface area contributed by atoms with Crippen LogP contribution in [0.3, 0.4) is 0 Å². The van der Waals surface area contributed by atoms with Gasteiger partial charge in [0, 0.05) is 24.4 Å². The molecule has 28 heavy (non-hydrogen) atoms. The van der Waals surface area contributed by atoms with Gasteiger partial charge in [0.25, 0.3) is 0 Å². The number of carbonyl (C=O) groups is 1. The molecule has 0 amide bonds. The highest BCUT2D eigenvalue weighted by Gasteiger charge is 2.36. The van der Waals surface area contributed by atoms with Crippen molar-refractivity contribution < 1.29 is 32.5 Å². The number of halogens is 4. The fourth-order valence-electron chi connectivity index (χ4n) is 2.48. The Hall–Kier alpha value is -2.46. The minimum absolute atomic E-state index is 0.105. The number of rotatable bonds is 8. The molecular formula is C17H19ClF3N3O4. The predicted molar refractivity (Wildman–Crippen MR) is 97.2 cm³/mol. The number of alkyl halides is 3. The fourth-order valence-corrected chi connectivity index (χ4v) is 2.80. The van der Waals surface area contributed by atoms with Crippen molar-refractivity contribution in [2.45, 2.75) is 25.7 Å². The summed E-state index contributed by atoms with van der Waals surface area (Å²) in [5, 5.41) is 15.5. The van der Waals surface area contributed by atoms with Crippen LogP contribution in [0.15, 0.2) is 18.2 Å². The number of carboxylic acid groups (broad SMARTS) is 1. The first-order chi connectivity index (χ1) is 13.1. The summed E-state index contributed by atoms with van der Waals surface area (Å²) in [5.74, 6) is -1.10. The molecule has 0 saturated heterocycles. The summed E-state index contributed by atoms with van der Waals surface area (Å²) in [6, 6.07) is 2.52. The Morgan fingerprint density at radius 2 is 2.07 bits per heavy atom. The first kappa shape index (κ1) is 21.8. The molecule has 0 aliphatic heterocycles. The number of aromatic carboxylic acids is 1. The molecule has 0 unspecified atom stereocenters. The minimum Gasteiger partial charge on any atom is -0.496 e. The average molecular weight is 422 g/mol. The molecule has 0 bridgehead atoms. The lowest BCUT2D eigenvalue weighted by Crippen LogP contribution is -2.33. The Labute approximate surface area is 164 Å². The molecule has 2 rings (SSSR count). The van der Waals surface area contributed by atoms with E-state index in [2.05, 4.69) is 10.4 Å². The maximum atomic E-state index is 12.8. The van der Waals surface area contributed by atoms with Gasteiger partial charge in [0.1, 0.15) is 16.8 Å². The topological polar surface area (TPSA) is 85.6 Å². The summed E-state index contributed by atoms with van der Waals surface area (Å²) in [5.41, 5.74) is 0.489. The Morgan fingerprint density at radius 1 is 1.39 bits per heavy atom. The third-order valence-corrected chi connectivity index (χ3v) is 4.29. The number of hydrogen-bond donors (Lipinski definition) is 2. The van der Waals surface area contributed by atoms with E-state index in [-0.39, 0.29) is 41.0 Å². The Bertz CT molecular complexity index is 855. The molecule has 0 fully saturated rings. The fraction of sp³-hybridized carbons (Fsp3) is 0.412. The highest BCUT2D eigenvalue weighted by molar-refractivity contribution is 6.35. The van der Waals surface area contributed by atoms with Gasteiger partial charge in [-0.25, -0.2) is 4.79 Å². The molecule has 2 aromatic rings. The van der Waals surface area contributed by atoms with E-state index in [4.69, 9.17) is 21.1 Å². The molecule has 1 atom stereocenters. The quantitative estimate of drug-likeness (QED) is 0.672. The van der Waals surface area contributed by atoms with E-state index in [1.165, 1.54) is 37.1 Å². The van der Waals surface area contributed by atoms with Crippen LogP contribution in [0.25, 0.3) is 11.3 Å². The maximum absolute atomic E-state index is 12.8. The van der Waals surface area contributed by atoms with Crippen molar-refractivity contribution in [1.29, 1.82) is 0 Å². The van der Waals surface area contributed by atoms with Gasteiger partial charge in [-0.15, -0.1) is 0 Å². The summed E-state index contributed by atoms with van der Waals surface area (Å²) in [7, 11) is 2.82. The third-order valence-electron chi connectivity index (χ3n) is 3.94. The van der Waals surface area contributed by atoms with Gasteiger partial charge in [-0.05, 0) is 19.1 Å². The molecule has 154 valence electrons. The minimum atomic E-state index is -4.41. The van der Waals surface area contributed by atoms with Crippen LogP contribution in [-0.2, 0) is 11.3 Å². The number of carboxylic acids is 1. The number of methoxy groups -OCH3 is 2. The Balaban J connectivity index is 2.51. The lowest BCUT2D eigenvalue weighted by Gasteiger charge is -2.19. The number of nitrogens with zero attached hydrogens (tertiary/aromatic N) is 2. The van der Waals surface area contributed by atoms with E-state index in [1.54, 1.807) is 0 Å². The van der Waals surface area contributed by atoms with Crippen molar-refractivity contribution in [3.05, 3.63) is 28.9 Å². The second kappa shape index (κ2) is 8.70. The van der Waals surface area contributed by atoms with Crippen molar-refractivity contribution in [3.63, 3.8) is 0 Å². The lowest BCUT2D eigenvalue weighted by molar-refractivity contribution is -0.138. The highest BCUT2D eigenvalue weighted by atomic mass is 35.5. The second-order valence-electron chi connectivity index (χ2n) is 5.85. The van der Waals surface area contributed by atoms with Crippen LogP contribution in [0.5, 0.6) is 5.75 Å². The molecular weight excluding hydrogens is 403 g/mol. The standard InChI is InChI=1S/C17H19ClF3N3O4/c1-9(17(19,20)21)22-10-4-5-11(12(8-10)28-3)15-13(18)14(16(25)26)23-24(15)6-7-27-2/h4-5,8-9,22H,6-7H2,1-3H3,(H,25,26)/t9-/m1/s1. The van der Waals surface area contributed by atoms with Gasteiger partial charge in [-0.3, -0.25) is 4.68 Å². The molecule has 0 saturated carbocycles. The van der Waals surface area contributed by atoms with E-state index >= 15 is 0 Å². The maximum Gasteiger partial charge on any atom is 0.408 e. The van der Waals surface area contributed by atoms with Gasteiger partial charge in [-0.1, -0.05) is 11.6 Å². The van der Waals surface area contributed by atoms with Gasteiger partial charge in [-0.2, -0.15) is 18.3 Å². The zero-order valence-corrected chi connectivity index (χ0v) is 16.1. The number of ether oxygens (including phenoxy) is 2. The zero-order chi connectivity index (χ0) is 21.1. The number of aromatic nitrogens is 2. The molecule has 2 N–H and O–H groups in total. The number of benzene rings is 1. The van der Waals surface area contributed by atoms with Crippen LogP contribution < -0.4 is 10.1 Å². The first-order valence-electron chi connectivity index (χ1n) is 8.10. The summed E-state index contributed by atoms with van der Waals surface area (Å²) in [6.45, 7) is 1.46. The van der Waals surface area contributed by atoms with Gasteiger partial charge in [0.05, 0.1) is 26.0 Å². The SMILES string of the molecule is COCCn1nc(C(=O)O)c(Cl)c1-c1ccc(N[C@H](C)C(F)(F)F)cc1OC. The molecule has 0 aliphatic carbocycles. The molecule has 0 radical (unpaired) electrons. The number of anilines is 1. The van der Waals surface area contributed by atoms with E-state index in [0.29, 0.717) is 5.56 Å². The third kappa shape index (κ3) is 4.68. The first-order valence-corrected chi connectivity index (χ1v) is 8.48. The van der Waals surface area contributed by atoms with Gasteiger partial charge < -0.3 is 19.9 Å². The number of hydrogen-bond acceptors (Lipinski definition) is 5. The summed E-state index contributed by atoms with van der Waals surface area (Å²) in [6.07, 6.45) is -4.41. The number of nitrogens with one attached hydrogen (secondary N) is 1. The van der Waals surface area contributed by atoms with Crippen LogP contribution in [0.1, 0.15) is 17.4 Å². The molecule has 1 heterocycles. The van der Waals surface area contributed by atoms with Crippen molar-refractivity contribution in [2.75, 3.05) is 26.1 Å². The Kier molecular flexibility index (Phi) is 6.78. The summed E-state index contributed by atoms with van der Waals surface area (Å²) < 4.78 is 50.0. The normalized spacial score (nSPS) is 12.7. The van der Waals surface area contributed by atoms with Crippen LogP contribution in [0, 0.1) is 0 Å².